The fourth-order valence-corrected chi connectivity index (χ4v) is 3.17. The van der Waals surface area contributed by atoms with E-state index in [1.54, 1.807) is 12.1 Å². The molecule has 1 unspecified atom stereocenters. The van der Waals surface area contributed by atoms with Crippen LogP contribution in [0.1, 0.15) is 32.3 Å². The first-order chi connectivity index (χ1) is 8.03. The van der Waals surface area contributed by atoms with E-state index < -0.39 is 0 Å². The standard InChI is InChI=1S/C14H19BrFN/c1-10(2)14(6-3-7-17-14)9-11-4-5-12(16)8-13(11)15/h4-5,8,10,17H,3,6-7,9H2,1-2H3. The zero-order chi connectivity index (χ0) is 12.5. The number of hydrogen-bond donors (Lipinski definition) is 1. The van der Waals surface area contributed by atoms with E-state index in [0.717, 1.165) is 17.4 Å². The molecule has 3 heteroatoms. The Hall–Kier alpha value is -0.410. The second-order valence-electron chi connectivity index (χ2n) is 5.25. The van der Waals surface area contributed by atoms with E-state index in [4.69, 9.17) is 0 Å². The highest BCUT2D eigenvalue weighted by Crippen LogP contribution is 2.33. The van der Waals surface area contributed by atoms with Crippen molar-refractivity contribution in [2.24, 2.45) is 5.92 Å². The van der Waals surface area contributed by atoms with Crippen molar-refractivity contribution in [2.75, 3.05) is 6.54 Å². The molecule has 1 saturated heterocycles. The third kappa shape index (κ3) is 2.71. The van der Waals surface area contributed by atoms with Crippen LogP contribution in [0.2, 0.25) is 0 Å². The molecule has 1 fully saturated rings. The molecule has 1 heterocycles. The van der Waals surface area contributed by atoms with Gasteiger partial charge in [0.1, 0.15) is 5.82 Å². The summed E-state index contributed by atoms with van der Waals surface area (Å²) in [6.07, 6.45) is 3.40. The van der Waals surface area contributed by atoms with Crippen molar-refractivity contribution in [3.8, 4) is 0 Å². The van der Waals surface area contributed by atoms with Crippen LogP contribution in [-0.2, 0) is 6.42 Å². The quantitative estimate of drug-likeness (QED) is 0.892. The van der Waals surface area contributed by atoms with Crippen molar-refractivity contribution >= 4 is 15.9 Å². The Morgan fingerprint density at radius 1 is 1.47 bits per heavy atom. The van der Waals surface area contributed by atoms with Gasteiger partial charge in [0.2, 0.25) is 0 Å². The number of hydrogen-bond acceptors (Lipinski definition) is 1. The van der Waals surface area contributed by atoms with Gasteiger partial charge in [-0.2, -0.15) is 0 Å². The fraction of sp³-hybridized carbons (Fsp3) is 0.571. The van der Waals surface area contributed by atoms with Crippen LogP contribution in [0.3, 0.4) is 0 Å². The maximum absolute atomic E-state index is 13.1. The van der Waals surface area contributed by atoms with Crippen molar-refractivity contribution in [1.29, 1.82) is 0 Å². The van der Waals surface area contributed by atoms with Gasteiger partial charge in [0, 0.05) is 10.0 Å². The highest BCUT2D eigenvalue weighted by Gasteiger charge is 2.36. The number of rotatable bonds is 3. The van der Waals surface area contributed by atoms with E-state index in [1.807, 2.05) is 6.07 Å². The molecular weight excluding hydrogens is 281 g/mol. The third-order valence-corrected chi connectivity index (χ3v) is 4.64. The highest BCUT2D eigenvalue weighted by molar-refractivity contribution is 9.10. The van der Waals surface area contributed by atoms with Gasteiger partial charge in [0.15, 0.2) is 0 Å². The van der Waals surface area contributed by atoms with Crippen LogP contribution in [0.5, 0.6) is 0 Å². The molecule has 1 aromatic rings. The van der Waals surface area contributed by atoms with Gasteiger partial charge >= 0.3 is 0 Å². The molecule has 0 bridgehead atoms. The zero-order valence-electron chi connectivity index (χ0n) is 10.4. The zero-order valence-corrected chi connectivity index (χ0v) is 12.0. The van der Waals surface area contributed by atoms with Gasteiger partial charge in [0.25, 0.3) is 0 Å². The molecular formula is C14H19BrFN. The van der Waals surface area contributed by atoms with Gasteiger partial charge in [-0.15, -0.1) is 0 Å². The van der Waals surface area contributed by atoms with Gasteiger partial charge in [-0.1, -0.05) is 35.8 Å². The van der Waals surface area contributed by atoms with Crippen LogP contribution >= 0.6 is 15.9 Å². The molecule has 17 heavy (non-hydrogen) atoms. The maximum Gasteiger partial charge on any atom is 0.124 e. The Kier molecular flexibility index (Phi) is 3.88. The fourth-order valence-electron chi connectivity index (χ4n) is 2.68. The van der Waals surface area contributed by atoms with Crippen LogP contribution in [0.4, 0.5) is 4.39 Å². The molecule has 0 spiro atoms. The minimum atomic E-state index is -0.182. The van der Waals surface area contributed by atoms with Gasteiger partial charge in [-0.05, 0) is 49.4 Å². The molecule has 1 aliphatic heterocycles. The molecule has 94 valence electrons. The van der Waals surface area contributed by atoms with Gasteiger partial charge in [0.05, 0.1) is 0 Å². The van der Waals surface area contributed by atoms with E-state index in [1.165, 1.54) is 18.4 Å². The van der Waals surface area contributed by atoms with Crippen molar-refractivity contribution in [1.82, 2.24) is 5.32 Å². The summed E-state index contributed by atoms with van der Waals surface area (Å²) < 4.78 is 14.0. The summed E-state index contributed by atoms with van der Waals surface area (Å²) >= 11 is 3.46. The van der Waals surface area contributed by atoms with Crippen molar-refractivity contribution in [3.63, 3.8) is 0 Å². The van der Waals surface area contributed by atoms with Crippen LogP contribution in [0, 0.1) is 11.7 Å². The largest absolute Gasteiger partial charge is 0.311 e. The summed E-state index contributed by atoms with van der Waals surface area (Å²) in [6, 6.07) is 4.99. The van der Waals surface area contributed by atoms with E-state index in [-0.39, 0.29) is 11.4 Å². The summed E-state index contributed by atoms with van der Waals surface area (Å²) in [6.45, 7) is 5.61. The van der Waals surface area contributed by atoms with E-state index >= 15 is 0 Å². The first kappa shape index (κ1) is 13.0. The molecule has 1 aromatic carbocycles. The Bertz CT molecular complexity index is 397. The molecule has 1 nitrogen and oxygen atoms in total. The summed E-state index contributed by atoms with van der Waals surface area (Å²) in [5, 5.41) is 3.65. The first-order valence-corrected chi connectivity index (χ1v) is 7.02. The Morgan fingerprint density at radius 3 is 2.76 bits per heavy atom. The van der Waals surface area contributed by atoms with Crippen molar-refractivity contribution < 1.29 is 4.39 Å². The van der Waals surface area contributed by atoms with Gasteiger partial charge in [-0.3, -0.25) is 0 Å². The lowest BCUT2D eigenvalue weighted by Gasteiger charge is -2.34. The topological polar surface area (TPSA) is 12.0 Å². The smallest absolute Gasteiger partial charge is 0.124 e. The van der Waals surface area contributed by atoms with E-state index in [0.29, 0.717) is 5.92 Å². The predicted octanol–water partition coefficient (Wildman–Crippen LogP) is 3.91. The minimum absolute atomic E-state index is 0.181. The maximum atomic E-state index is 13.1. The van der Waals surface area contributed by atoms with Crippen molar-refractivity contribution in [3.05, 3.63) is 34.1 Å². The molecule has 0 radical (unpaired) electrons. The Balaban J connectivity index is 2.23. The average molecular weight is 300 g/mol. The van der Waals surface area contributed by atoms with Crippen LogP contribution < -0.4 is 5.32 Å². The molecule has 2 rings (SSSR count). The number of nitrogens with one attached hydrogen (secondary N) is 1. The van der Waals surface area contributed by atoms with Crippen LogP contribution in [0.15, 0.2) is 22.7 Å². The van der Waals surface area contributed by atoms with E-state index in [2.05, 4.69) is 35.1 Å². The highest BCUT2D eigenvalue weighted by atomic mass is 79.9. The van der Waals surface area contributed by atoms with Crippen molar-refractivity contribution in [2.45, 2.75) is 38.6 Å². The number of benzene rings is 1. The molecule has 0 saturated carbocycles. The van der Waals surface area contributed by atoms with Gasteiger partial charge < -0.3 is 5.32 Å². The molecule has 1 N–H and O–H groups in total. The third-order valence-electron chi connectivity index (χ3n) is 3.90. The lowest BCUT2D eigenvalue weighted by atomic mass is 9.80. The lowest BCUT2D eigenvalue weighted by molar-refractivity contribution is 0.269. The first-order valence-electron chi connectivity index (χ1n) is 6.22. The molecule has 0 aromatic heterocycles. The molecule has 1 atom stereocenters. The van der Waals surface area contributed by atoms with Crippen LogP contribution in [-0.4, -0.2) is 12.1 Å². The monoisotopic (exact) mass is 299 g/mol. The SMILES string of the molecule is CC(C)C1(Cc2ccc(F)cc2Br)CCCN1. The molecule has 0 aliphatic carbocycles. The summed E-state index contributed by atoms with van der Waals surface area (Å²) in [4.78, 5) is 0. The number of halogens is 2. The summed E-state index contributed by atoms with van der Waals surface area (Å²) in [5.74, 6) is 0.403. The molecule has 1 aliphatic rings. The Morgan fingerprint density at radius 2 is 2.24 bits per heavy atom. The average Bonchev–Trinajstić information content (AvgIpc) is 2.72. The summed E-state index contributed by atoms with van der Waals surface area (Å²) in [5.41, 5.74) is 1.37. The Labute approximate surface area is 111 Å². The second kappa shape index (κ2) is 5.07. The van der Waals surface area contributed by atoms with Gasteiger partial charge in [-0.25, -0.2) is 4.39 Å². The lowest BCUT2D eigenvalue weighted by Crippen LogP contribution is -2.46. The van der Waals surface area contributed by atoms with Crippen LogP contribution in [0.25, 0.3) is 0 Å². The minimum Gasteiger partial charge on any atom is -0.311 e. The molecule has 0 amide bonds. The second-order valence-corrected chi connectivity index (χ2v) is 6.11. The van der Waals surface area contributed by atoms with E-state index in [9.17, 15) is 4.39 Å². The normalized spacial score (nSPS) is 24.5. The summed E-state index contributed by atoms with van der Waals surface area (Å²) in [7, 11) is 0. The predicted molar refractivity (Wildman–Crippen MR) is 72.6 cm³/mol.